The van der Waals surface area contributed by atoms with Gasteiger partial charge < -0.3 is 15.4 Å². The Labute approximate surface area is 269 Å². The first kappa shape index (κ1) is 34.0. The molecule has 1 heterocycles. The van der Waals surface area contributed by atoms with E-state index < -0.39 is 29.9 Å². The van der Waals surface area contributed by atoms with E-state index in [2.05, 4.69) is 10.6 Å². The van der Waals surface area contributed by atoms with E-state index in [1.165, 1.54) is 18.4 Å². The molecule has 2 N–H and O–H groups in total. The van der Waals surface area contributed by atoms with Crippen LogP contribution in [0.15, 0.2) is 53.9 Å². The number of hydrogen-bond donors (Lipinski definition) is 2. The maximum Gasteiger partial charge on any atom is 0.328 e. The molecule has 2 amide bonds. The van der Waals surface area contributed by atoms with Gasteiger partial charge in [0, 0.05) is 31.1 Å². The Morgan fingerprint density at radius 1 is 0.978 bits per heavy atom. The molecule has 8 nitrogen and oxygen atoms in total. The largest absolute Gasteiger partial charge is 0.467 e. The Hall–Kier alpha value is -3.85. The summed E-state index contributed by atoms with van der Waals surface area (Å²) >= 11 is 1.32. The number of rotatable bonds is 14. The van der Waals surface area contributed by atoms with Gasteiger partial charge in [-0.25, -0.2) is 4.79 Å². The lowest BCUT2D eigenvalue weighted by Gasteiger charge is -2.27. The zero-order valence-electron chi connectivity index (χ0n) is 26.6. The van der Waals surface area contributed by atoms with Crippen LogP contribution in [-0.4, -0.2) is 48.5 Å². The average molecular weight is 633 g/mol. The third-order valence-corrected chi connectivity index (χ3v) is 9.66. The number of ketones is 2. The molecule has 0 saturated heterocycles. The van der Waals surface area contributed by atoms with Gasteiger partial charge in [-0.2, -0.15) is 0 Å². The fourth-order valence-electron chi connectivity index (χ4n) is 6.24. The van der Waals surface area contributed by atoms with Gasteiger partial charge in [0.15, 0.2) is 5.78 Å². The quantitative estimate of drug-likeness (QED) is 0.211. The first-order valence-corrected chi connectivity index (χ1v) is 16.7. The van der Waals surface area contributed by atoms with Crippen LogP contribution in [0.1, 0.15) is 79.6 Å². The normalized spacial score (nSPS) is 17.0. The van der Waals surface area contributed by atoms with Gasteiger partial charge in [0.25, 0.3) is 5.91 Å². The van der Waals surface area contributed by atoms with E-state index in [0.717, 1.165) is 34.7 Å². The number of methoxy groups -OCH3 is 1. The lowest BCUT2D eigenvalue weighted by Crippen LogP contribution is -2.48. The number of ether oxygens (including phenoxy) is 1. The van der Waals surface area contributed by atoms with Gasteiger partial charge in [-0.05, 0) is 71.9 Å². The van der Waals surface area contributed by atoms with Gasteiger partial charge in [-0.15, -0.1) is 11.3 Å². The van der Waals surface area contributed by atoms with Gasteiger partial charge in [-0.3, -0.25) is 19.2 Å². The van der Waals surface area contributed by atoms with E-state index in [1.54, 1.807) is 0 Å². The molecule has 0 bridgehead atoms. The van der Waals surface area contributed by atoms with E-state index in [0.29, 0.717) is 24.1 Å². The van der Waals surface area contributed by atoms with Crippen LogP contribution >= 0.6 is 11.3 Å². The van der Waals surface area contributed by atoms with E-state index >= 15 is 0 Å². The number of hydrogen-bond acceptors (Lipinski definition) is 7. The molecule has 9 heteroatoms. The van der Waals surface area contributed by atoms with Crippen molar-refractivity contribution in [3.63, 3.8) is 0 Å². The van der Waals surface area contributed by atoms with Crippen LogP contribution < -0.4 is 10.6 Å². The highest BCUT2D eigenvalue weighted by Gasteiger charge is 2.34. The van der Waals surface area contributed by atoms with Crippen molar-refractivity contribution in [2.24, 2.45) is 17.8 Å². The number of fused-ring (bicyclic) bond motifs is 1. The lowest BCUT2D eigenvalue weighted by atomic mass is 9.83. The van der Waals surface area contributed by atoms with Crippen molar-refractivity contribution in [3.8, 4) is 0 Å². The molecular formula is C36H44N2O6S. The fraction of sp³-hybridized carbons (Fsp3) is 0.472. The maximum absolute atomic E-state index is 14.1. The molecule has 4 atom stereocenters. The van der Waals surface area contributed by atoms with Crippen molar-refractivity contribution >= 4 is 51.5 Å². The minimum absolute atomic E-state index is 0.0879. The molecule has 1 aliphatic rings. The standard InChI is InChI=1S/C36H44N2O6S/c1-22(2)18-27(34(41)38-30(36(43)44-4)20-26-11-6-8-15-31(26)39)21-32(40)29(37-35(42)33-23(3)16-17-45-33)19-25-13-9-12-24-10-5-7-14-28(24)25/h5,7,9-10,12-14,16-17,22,26-27,29-30H,6,8,11,15,18-21H2,1-4H3,(H,37,42)(H,38,41)/t26-,27+,29-,30-/m0/s1. The van der Waals surface area contributed by atoms with Crippen molar-refractivity contribution in [1.29, 1.82) is 0 Å². The number of aryl methyl sites for hydroxylation is 1. The molecule has 1 aromatic heterocycles. The van der Waals surface area contributed by atoms with Crippen molar-refractivity contribution in [1.82, 2.24) is 10.6 Å². The zero-order valence-corrected chi connectivity index (χ0v) is 27.4. The van der Waals surface area contributed by atoms with Crippen LogP contribution in [0, 0.1) is 24.7 Å². The van der Waals surface area contributed by atoms with E-state index in [-0.39, 0.29) is 48.6 Å². The molecule has 1 fully saturated rings. The van der Waals surface area contributed by atoms with Crippen molar-refractivity contribution < 1.29 is 28.7 Å². The SMILES string of the molecule is COC(=O)[C@H](C[C@@H]1CCCCC1=O)NC(=O)[C@@H](CC(=O)[C@H](Cc1cccc2ccccc12)NC(=O)c1sccc1C)CC(C)C. The Kier molecular flexibility index (Phi) is 12.0. The summed E-state index contributed by atoms with van der Waals surface area (Å²) in [5.74, 6) is -2.48. The molecule has 0 spiro atoms. The molecule has 4 rings (SSSR count). The molecule has 3 aromatic rings. The molecular weight excluding hydrogens is 588 g/mol. The molecule has 0 radical (unpaired) electrons. The lowest BCUT2D eigenvalue weighted by molar-refractivity contribution is -0.146. The van der Waals surface area contributed by atoms with Crippen LogP contribution in [0.3, 0.4) is 0 Å². The topological polar surface area (TPSA) is 119 Å². The third kappa shape index (κ3) is 9.10. The minimum atomic E-state index is -0.979. The van der Waals surface area contributed by atoms with Crippen molar-refractivity contribution in [2.75, 3.05) is 7.11 Å². The first-order chi connectivity index (χ1) is 21.6. The van der Waals surface area contributed by atoms with Crippen LogP contribution in [0.25, 0.3) is 10.8 Å². The van der Waals surface area contributed by atoms with E-state index in [1.807, 2.05) is 74.7 Å². The summed E-state index contributed by atoms with van der Waals surface area (Å²) < 4.78 is 4.98. The highest BCUT2D eigenvalue weighted by molar-refractivity contribution is 7.12. The van der Waals surface area contributed by atoms with Gasteiger partial charge in [0.05, 0.1) is 18.0 Å². The minimum Gasteiger partial charge on any atom is -0.467 e. The molecule has 0 unspecified atom stereocenters. The number of carbonyl (C=O) groups excluding carboxylic acids is 5. The first-order valence-electron chi connectivity index (χ1n) is 15.8. The van der Waals surface area contributed by atoms with Crippen LogP contribution in [0.5, 0.6) is 0 Å². The van der Waals surface area contributed by atoms with Gasteiger partial charge >= 0.3 is 5.97 Å². The Balaban J connectivity index is 1.57. The predicted octanol–water partition coefficient (Wildman–Crippen LogP) is 5.98. The Morgan fingerprint density at radius 3 is 2.42 bits per heavy atom. The fourth-order valence-corrected chi connectivity index (χ4v) is 7.07. The summed E-state index contributed by atoms with van der Waals surface area (Å²) in [5, 5.41) is 9.67. The summed E-state index contributed by atoms with van der Waals surface area (Å²) in [6.45, 7) is 5.80. The highest BCUT2D eigenvalue weighted by atomic mass is 32.1. The van der Waals surface area contributed by atoms with Gasteiger partial charge in [0.2, 0.25) is 5.91 Å². The van der Waals surface area contributed by atoms with E-state index in [4.69, 9.17) is 4.74 Å². The van der Waals surface area contributed by atoms with Gasteiger partial charge in [-0.1, -0.05) is 62.7 Å². The monoisotopic (exact) mass is 632 g/mol. The summed E-state index contributed by atoms with van der Waals surface area (Å²) in [6, 6.07) is 13.8. The summed E-state index contributed by atoms with van der Waals surface area (Å²) in [7, 11) is 1.26. The third-order valence-electron chi connectivity index (χ3n) is 8.64. The number of nitrogens with one attached hydrogen (secondary N) is 2. The second-order valence-electron chi connectivity index (χ2n) is 12.5. The van der Waals surface area contributed by atoms with E-state index in [9.17, 15) is 24.0 Å². The molecule has 45 heavy (non-hydrogen) atoms. The van der Waals surface area contributed by atoms with Crippen molar-refractivity contribution in [3.05, 3.63) is 69.9 Å². The molecule has 2 aromatic carbocycles. The van der Waals surface area contributed by atoms with Crippen molar-refractivity contribution in [2.45, 2.75) is 84.2 Å². The van der Waals surface area contributed by atoms with Crippen LogP contribution in [0.2, 0.25) is 0 Å². The number of amides is 2. The van der Waals surface area contributed by atoms with Gasteiger partial charge in [0.1, 0.15) is 11.8 Å². The second-order valence-corrected chi connectivity index (χ2v) is 13.4. The molecule has 0 aliphatic heterocycles. The average Bonchev–Trinajstić information content (AvgIpc) is 3.46. The Bertz CT molecular complexity index is 1520. The predicted molar refractivity (Wildman–Crippen MR) is 176 cm³/mol. The second kappa shape index (κ2) is 15.9. The highest BCUT2D eigenvalue weighted by Crippen LogP contribution is 2.27. The number of thiophene rings is 1. The molecule has 1 aliphatic carbocycles. The zero-order chi connectivity index (χ0) is 32.5. The van der Waals surface area contributed by atoms with Crippen LogP contribution in [-0.2, 0) is 30.3 Å². The number of carbonyl (C=O) groups is 5. The van der Waals surface area contributed by atoms with Crippen LogP contribution in [0.4, 0.5) is 0 Å². The summed E-state index contributed by atoms with van der Waals surface area (Å²) in [5.41, 5.74) is 1.75. The molecule has 240 valence electrons. The number of esters is 1. The number of benzene rings is 2. The summed E-state index contributed by atoms with van der Waals surface area (Å²) in [6.07, 6.45) is 3.64. The Morgan fingerprint density at radius 2 is 1.73 bits per heavy atom. The summed E-state index contributed by atoms with van der Waals surface area (Å²) in [4.78, 5) is 66.9. The smallest absolute Gasteiger partial charge is 0.328 e. The maximum atomic E-state index is 14.1. The molecule has 1 saturated carbocycles. The number of Topliss-reactive ketones (excluding diaryl/α,β-unsaturated/α-hetero) is 2.